The van der Waals surface area contributed by atoms with Crippen molar-refractivity contribution < 1.29 is 0 Å². The number of unbranched alkanes of at least 4 members (excludes halogenated alkanes) is 2. The highest BCUT2D eigenvalue weighted by Gasteiger charge is 2.07. The van der Waals surface area contributed by atoms with Crippen molar-refractivity contribution in [3.8, 4) is 6.07 Å². The van der Waals surface area contributed by atoms with Crippen LogP contribution in [-0.4, -0.2) is 6.04 Å². The van der Waals surface area contributed by atoms with Gasteiger partial charge in [-0.05, 0) is 40.5 Å². The standard InChI is InChI=1S/C13H16BrClN2/c1-2-3-4-5-11(9-16)17-10-6-7-13(15)12(14)8-10/h6-8,11,17H,2-5H2,1H3. The molecule has 92 valence electrons. The Hall–Kier alpha value is -0.720. The normalized spacial score (nSPS) is 11.9. The summed E-state index contributed by atoms with van der Waals surface area (Å²) in [5, 5.41) is 12.9. The Labute approximate surface area is 116 Å². The van der Waals surface area contributed by atoms with Crippen LogP contribution >= 0.6 is 27.5 Å². The molecule has 1 aromatic carbocycles. The van der Waals surface area contributed by atoms with E-state index in [-0.39, 0.29) is 6.04 Å². The van der Waals surface area contributed by atoms with Crippen LogP contribution in [0.15, 0.2) is 22.7 Å². The number of halogens is 2. The lowest BCUT2D eigenvalue weighted by Crippen LogP contribution is -2.16. The van der Waals surface area contributed by atoms with Gasteiger partial charge in [-0.2, -0.15) is 5.26 Å². The molecule has 0 aliphatic rings. The first-order valence-electron chi connectivity index (χ1n) is 5.78. The molecule has 0 heterocycles. The van der Waals surface area contributed by atoms with Gasteiger partial charge < -0.3 is 5.32 Å². The Morgan fingerprint density at radius 3 is 2.82 bits per heavy atom. The van der Waals surface area contributed by atoms with Crippen molar-refractivity contribution in [2.45, 2.75) is 38.6 Å². The third-order valence-electron chi connectivity index (χ3n) is 2.51. The zero-order chi connectivity index (χ0) is 12.7. The number of nitriles is 1. The zero-order valence-electron chi connectivity index (χ0n) is 9.84. The summed E-state index contributed by atoms with van der Waals surface area (Å²) in [5.41, 5.74) is 0.921. The van der Waals surface area contributed by atoms with E-state index in [4.69, 9.17) is 16.9 Å². The van der Waals surface area contributed by atoms with Gasteiger partial charge in [-0.3, -0.25) is 0 Å². The van der Waals surface area contributed by atoms with Gasteiger partial charge in [0.25, 0.3) is 0 Å². The van der Waals surface area contributed by atoms with Gasteiger partial charge in [-0.1, -0.05) is 37.8 Å². The SMILES string of the molecule is CCCCCC(C#N)Nc1ccc(Cl)c(Br)c1. The van der Waals surface area contributed by atoms with E-state index in [9.17, 15) is 0 Å². The fourth-order valence-corrected chi connectivity index (χ4v) is 2.05. The molecule has 2 nitrogen and oxygen atoms in total. The van der Waals surface area contributed by atoms with Crippen molar-refractivity contribution in [2.75, 3.05) is 5.32 Å². The number of benzene rings is 1. The van der Waals surface area contributed by atoms with Crippen molar-refractivity contribution in [2.24, 2.45) is 0 Å². The highest BCUT2D eigenvalue weighted by Crippen LogP contribution is 2.26. The quantitative estimate of drug-likeness (QED) is 0.751. The largest absolute Gasteiger partial charge is 0.370 e. The van der Waals surface area contributed by atoms with Gasteiger partial charge in [-0.25, -0.2) is 0 Å². The number of nitrogens with one attached hydrogen (secondary N) is 1. The predicted molar refractivity (Wildman–Crippen MR) is 76.3 cm³/mol. The number of hydrogen-bond acceptors (Lipinski definition) is 2. The molecular weight excluding hydrogens is 300 g/mol. The molecule has 0 aliphatic heterocycles. The zero-order valence-corrected chi connectivity index (χ0v) is 12.2. The average Bonchev–Trinajstić information content (AvgIpc) is 2.32. The molecule has 17 heavy (non-hydrogen) atoms. The lowest BCUT2D eigenvalue weighted by Gasteiger charge is -2.13. The number of hydrogen-bond donors (Lipinski definition) is 1. The van der Waals surface area contributed by atoms with E-state index in [0.29, 0.717) is 5.02 Å². The minimum Gasteiger partial charge on any atom is -0.370 e. The molecule has 0 saturated heterocycles. The number of rotatable bonds is 6. The molecule has 0 radical (unpaired) electrons. The molecular formula is C13H16BrClN2. The molecule has 0 spiro atoms. The lowest BCUT2D eigenvalue weighted by molar-refractivity contribution is 0.646. The van der Waals surface area contributed by atoms with Crippen LogP contribution in [0, 0.1) is 11.3 Å². The molecule has 0 fully saturated rings. The van der Waals surface area contributed by atoms with E-state index in [1.165, 1.54) is 12.8 Å². The third-order valence-corrected chi connectivity index (χ3v) is 3.73. The maximum Gasteiger partial charge on any atom is 0.114 e. The molecule has 0 aliphatic carbocycles. The van der Waals surface area contributed by atoms with Crippen LogP contribution in [0.25, 0.3) is 0 Å². The van der Waals surface area contributed by atoms with Crippen molar-refractivity contribution in [3.05, 3.63) is 27.7 Å². The second-order valence-corrected chi connectivity index (χ2v) is 5.21. The minimum atomic E-state index is -0.130. The third kappa shape index (κ3) is 4.97. The summed E-state index contributed by atoms with van der Waals surface area (Å²) in [6, 6.07) is 7.75. The number of nitrogens with zero attached hydrogens (tertiary/aromatic N) is 1. The summed E-state index contributed by atoms with van der Waals surface area (Å²) in [4.78, 5) is 0. The van der Waals surface area contributed by atoms with Crippen LogP contribution in [0.1, 0.15) is 32.6 Å². The first-order chi connectivity index (χ1) is 8.17. The Bertz CT molecular complexity index is 401. The van der Waals surface area contributed by atoms with Crippen LogP contribution in [0.2, 0.25) is 5.02 Å². The van der Waals surface area contributed by atoms with Crippen LogP contribution in [0.4, 0.5) is 5.69 Å². The molecule has 1 aromatic rings. The number of anilines is 1. The van der Waals surface area contributed by atoms with Crippen molar-refractivity contribution in [1.82, 2.24) is 0 Å². The van der Waals surface area contributed by atoms with Crippen LogP contribution < -0.4 is 5.32 Å². The Morgan fingerprint density at radius 1 is 1.47 bits per heavy atom. The van der Waals surface area contributed by atoms with Crippen molar-refractivity contribution in [1.29, 1.82) is 5.26 Å². The van der Waals surface area contributed by atoms with E-state index in [2.05, 4.69) is 34.2 Å². The second-order valence-electron chi connectivity index (χ2n) is 3.95. The minimum absolute atomic E-state index is 0.130. The molecule has 0 saturated carbocycles. The fourth-order valence-electron chi connectivity index (χ4n) is 1.55. The van der Waals surface area contributed by atoms with Crippen LogP contribution in [0.5, 0.6) is 0 Å². The predicted octanol–water partition coefficient (Wildman–Crippen LogP) is 4.99. The van der Waals surface area contributed by atoms with Crippen molar-refractivity contribution >= 4 is 33.2 Å². The molecule has 1 atom stereocenters. The van der Waals surface area contributed by atoms with E-state index in [1.807, 2.05) is 18.2 Å². The maximum absolute atomic E-state index is 9.06. The van der Waals surface area contributed by atoms with Gasteiger partial charge in [-0.15, -0.1) is 0 Å². The summed E-state index contributed by atoms with van der Waals surface area (Å²) >= 11 is 9.28. The second kappa shape index (κ2) is 7.58. The topological polar surface area (TPSA) is 35.8 Å². The molecule has 0 amide bonds. The molecule has 1 unspecified atom stereocenters. The fraction of sp³-hybridized carbons (Fsp3) is 0.462. The molecule has 4 heteroatoms. The monoisotopic (exact) mass is 314 g/mol. The first-order valence-corrected chi connectivity index (χ1v) is 6.95. The van der Waals surface area contributed by atoms with Crippen LogP contribution in [0.3, 0.4) is 0 Å². The highest BCUT2D eigenvalue weighted by atomic mass is 79.9. The van der Waals surface area contributed by atoms with E-state index in [1.54, 1.807) is 0 Å². The Morgan fingerprint density at radius 2 is 2.24 bits per heavy atom. The molecule has 1 rings (SSSR count). The Kier molecular flexibility index (Phi) is 6.39. The van der Waals surface area contributed by atoms with E-state index in [0.717, 1.165) is 23.0 Å². The summed E-state index contributed by atoms with van der Waals surface area (Å²) in [6.07, 6.45) is 4.30. The van der Waals surface area contributed by atoms with Gasteiger partial charge in [0.2, 0.25) is 0 Å². The smallest absolute Gasteiger partial charge is 0.114 e. The van der Waals surface area contributed by atoms with E-state index >= 15 is 0 Å². The maximum atomic E-state index is 9.06. The highest BCUT2D eigenvalue weighted by molar-refractivity contribution is 9.10. The average molecular weight is 316 g/mol. The molecule has 1 N–H and O–H groups in total. The van der Waals surface area contributed by atoms with Gasteiger partial charge in [0.05, 0.1) is 11.1 Å². The summed E-state index contributed by atoms with van der Waals surface area (Å²) in [7, 11) is 0. The molecule has 0 bridgehead atoms. The van der Waals surface area contributed by atoms with Crippen molar-refractivity contribution in [3.63, 3.8) is 0 Å². The first kappa shape index (κ1) is 14.3. The summed E-state index contributed by atoms with van der Waals surface area (Å²) in [6.45, 7) is 2.16. The van der Waals surface area contributed by atoms with Gasteiger partial charge in [0, 0.05) is 10.2 Å². The van der Waals surface area contributed by atoms with E-state index < -0.39 is 0 Å². The Balaban J connectivity index is 2.55. The van der Waals surface area contributed by atoms with Gasteiger partial charge in [0.15, 0.2) is 0 Å². The summed E-state index contributed by atoms with van der Waals surface area (Å²) in [5.74, 6) is 0. The van der Waals surface area contributed by atoms with Gasteiger partial charge in [0.1, 0.15) is 6.04 Å². The van der Waals surface area contributed by atoms with Crippen LogP contribution in [-0.2, 0) is 0 Å². The molecule has 0 aromatic heterocycles. The summed E-state index contributed by atoms with van der Waals surface area (Å²) < 4.78 is 0.842. The lowest BCUT2D eigenvalue weighted by atomic mass is 10.1. The van der Waals surface area contributed by atoms with Gasteiger partial charge >= 0.3 is 0 Å².